The highest BCUT2D eigenvalue weighted by molar-refractivity contribution is 7.99. The fourth-order valence-electron chi connectivity index (χ4n) is 3.59. The van der Waals surface area contributed by atoms with Crippen molar-refractivity contribution in [2.24, 2.45) is 0 Å². The van der Waals surface area contributed by atoms with Gasteiger partial charge in [0.05, 0.1) is 5.75 Å². The van der Waals surface area contributed by atoms with Gasteiger partial charge in [0.2, 0.25) is 5.91 Å². The van der Waals surface area contributed by atoms with Crippen molar-refractivity contribution in [2.45, 2.75) is 18.6 Å². The fraction of sp³-hybridized carbons (Fsp3) is 0.318. The summed E-state index contributed by atoms with van der Waals surface area (Å²) in [4.78, 5) is 16.9. The number of halogens is 1. The number of amides is 1. The molecule has 0 spiro atoms. The highest BCUT2D eigenvalue weighted by atomic mass is 32.2. The average molecular weight is 426 g/mol. The van der Waals surface area contributed by atoms with Gasteiger partial charge >= 0.3 is 0 Å². The molecule has 1 fully saturated rings. The lowest BCUT2D eigenvalue weighted by atomic mass is 10.2. The molecule has 4 rings (SSSR count). The summed E-state index contributed by atoms with van der Waals surface area (Å²) in [7, 11) is 0. The Kier molecular flexibility index (Phi) is 6.32. The van der Waals surface area contributed by atoms with Crippen LogP contribution in [0.15, 0.2) is 59.8 Å². The monoisotopic (exact) mass is 425 g/mol. The average Bonchev–Trinajstić information content (AvgIpc) is 3.21. The summed E-state index contributed by atoms with van der Waals surface area (Å²) in [5, 5.41) is 9.14. The van der Waals surface area contributed by atoms with Crippen LogP contribution in [0.1, 0.15) is 6.92 Å². The predicted molar refractivity (Wildman–Crippen MR) is 117 cm³/mol. The Hall–Kier alpha value is -2.87. The molecule has 0 unspecified atom stereocenters. The summed E-state index contributed by atoms with van der Waals surface area (Å²) in [6.45, 7) is 5.71. The largest absolute Gasteiger partial charge is 0.368 e. The Labute approximate surface area is 179 Å². The quantitative estimate of drug-likeness (QED) is 0.566. The van der Waals surface area contributed by atoms with Crippen molar-refractivity contribution in [3.8, 4) is 11.4 Å². The van der Waals surface area contributed by atoms with E-state index in [9.17, 15) is 9.18 Å². The van der Waals surface area contributed by atoms with Gasteiger partial charge in [0.1, 0.15) is 5.82 Å². The van der Waals surface area contributed by atoms with Gasteiger partial charge in [0.25, 0.3) is 0 Å². The van der Waals surface area contributed by atoms with Gasteiger partial charge in [-0.15, -0.1) is 10.2 Å². The molecule has 2 heterocycles. The molecule has 156 valence electrons. The summed E-state index contributed by atoms with van der Waals surface area (Å²) in [6.07, 6.45) is 0. The number of carbonyl (C=O) groups is 1. The molecule has 0 N–H and O–H groups in total. The molecule has 1 aromatic heterocycles. The van der Waals surface area contributed by atoms with E-state index in [2.05, 4.69) is 27.2 Å². The van der Waals surface area contributed by atoms with Crippen molar-refractivity contribution in [3.63, 3.8) is 0 Å². The van der Waals surface area contributed by atoms with Gasteiger partial charge in [-0.1, -0.05) is 42.1 Å². The second-order valence-corrected chi connectivity index (χ2v) is 8.00. The standard InChI is InChI=1S/C22H24FN5OS/c1-2-28-21(17-7-6-8-18(23)15-17)24-25-22(28)30-16-20(29)27-13-11-26(12-14-27)19-9-4-3-5-10-19/h3-10,15H,2,11-14,16H2,1H3. The highest BCUT2D eigenvalue weighted by Crippen LogP contribution is 2.25. The number of anilines is 1. The van der Waals surface area contributed by atoms with Crippen LogP contribution in [0.5, 0.6) is 0 Å². The number of hydrogen-bond acceptors (Lipinski definition) is 5. The Morgan fingerprint density at radius 3 is 2.50 bits per heavy atom. The first kappa shape index (κ1) is 20.4. The molecule has 0 bridgehead atoms. The van der Waals surface area contributed by atoms with E-state index in [1.54, 1.807) is 6.07 Å². The van der Waals surface area contributed by atoms with Gasteiger partial charge in [-0.05, 0) is 31.2 Å². The normalized spacial score (nSPS) is 14.2. The first-order valence-corrected chi connectivity index (χ1v) is 11.0. The van der Waals surface area contributed by atoms with Gasteiger partial charge in [-0.3, -0.25) is 4.79 Å². The number of aromatic nitrogens is 3. The minimum atomic E-state index is -0.308. The van der Waals surface area contributed by atoms with Crippen molar-refractivity contribution in [1.82, 2.24) is 19.7 Å². The van der Waals surface area contributed by atoms with Crippen LogP contribution < -0.4 is 4.90 Å². The van der Waals surface area contributed by atoms with Gasteiger partial charge in [0, 0.05) is 44.0 Å². The summed E-state index contributed by atoms with van der Waals surface area (Å²) in [6, 6.07) is 16.6. The minimum Gasteiger partial charge on any atom is -0.368 e. The number of benzene rings is 2. The molecule has 1 aliphatic rings. The number of piperazine rings is 1. The number of thioether (sulfide) groups is 1. The van der Waals surface area contributed by atoms with Crippen molar-refractivity contribution in [1.29, 1.82) is 0 Å². The van der Waals surface area contributed by atoms with Crippen molar-refractivity contribution < 1.29 is 9.18 Å². The van der Waals surface area contributed by atoms with E-state index in [1.165, 1.54) is 29.6 Å². The Morgan fingerprint density at radius 2 is 1.80 bits per heavy atom. The van der Waals surface area contributed by atoms with Crippen LogP contribution in [0.4, 0.5) is 10.1 Å². The third-order valence-electron chi connectivity index (χ3n) is 5.19. The van der Waals surface area contributed by atoms with E-state index in [1.807, 2.05) is 40.7 Å². The van der Waals surface area contributed by atoms with Crippen LogP contribution in [0.3, 0.4) is 0 Å². The molecule has 0 aliphatic carbocycles. The van der Waals surface area contributed by atoms with Crippen LogP contribution in [-0.4, -0.2) is 57.5 Å². The van der Waals surface area contributed by atoms with Gasteiger partial charge < -0.3 is 14.4 Å². The predicted octanol–water partition coefficient (Wildman–Crippen LogP) is 3.55. The van der Waals surface area contributed by atoms with Gasteiger partial charge in [-0.2, -0.15) is 0 Å². The van der Waals surface area contributed by atoms with E-state index in [4.69, 9.17) is 0 Å². The van der Waals surface area contributed by atoms with Gasteiger partial charge in [-0.25, -0.2) is 4.39 Å². The first-order valence-electron chi connectivity index (χ1n) is 10.1. The molecule has 3 aromatic rings. The number of nitrogens with zero attached hydrogens (tertiary/aromatic N) is 5. The summed E-state index contributed by atoms with van der Waals surface area (Å²) < 4.78 is 15.5. The van der Waals surface area contributed by atoms with Crippen molar-refractivity contribution in [3.05, 3.63) is 60.4 Å². The molecular weight excluding hydrogens is 401 g/mol. The van der Waals surface area contributed by atoms with E-state index in [0.29, 0.717) is 41.9 Å². The molecule has 2 aromatic carbocycles. The molecule has 1 saturated heterocycles. The van der Waals surface area contributed by atoms with Crippen LogP contribution >= 0.6 is 11.8 Å². The summed E-state index contributed by atoms with van der Waals surface area (Å²) >= 11 is 1.38. The lowest BCUT2D eigenvalue weighted by Gasteiger charge is -2.36. The van der Waals surface area contributed by atoms with Gasteiger partial charge in [0.15, 0.2) is 11.0 Å². The molecule has 0 radical (unpaired) electrons. The molecule has 1 amide bonds. The zero-order valence-electron chi connectivity index (χ0n) is 16.9. The molecule has 0 atom stereocenters. The molecule has 6 nitrogen and oxygen atoms in total. The number of carbonyl (C=O) groups excluding carboxylic acids is 1. The number of rotatable bonds is 6. The molecule has 1 aliphatic heterocycles. The zero-order valence-corrected chi connectivity index (χ0v) is 17.7. The highest BCUT2D eigenvalue weighted by Gasteiger charge is 2.22. The fourth-order valence-corrected chi connectivity index (χ4v) is 4.50. The summed E-state index contributed by atoms with van der Waals surface area (Å²) in [5.41, 5.74) is 1.87. The Morgan fingerprint density at radius 1 is 1.03 bits per heavy atom. The molecule has 30 heavy (non-hydrogen) atoms. The Bertz CT molecular complexity index is 1000. The second kappa shape index (κ2) is 9.30. The smallest absolute Gasteiger partial charge is 0.233 e. The first-order chi connectivity index (χ1) is 14.7. The maximum atomic E-state index is 13.6. The minimum absolute atomic E-state index is 0.102. The lowest BCUT2D eigenvalue weighted by Crippen LogP contribution is -2.49. The molecule has 8 heteroatoms. The van der Waals surface area contributed by atoms with Crippen LogP contribution in [0.25, 0.3) is 11.4 Å². The summed E-state index contributed by atoms with van der Waals surface area (Å²) in [5.74, 6) is 0.721. The number of para-hydroxylation sites is 1. The Balaban J connectivity index is 1.35. The molecule has 0 saturated carbocycles. The second-order valence-electron chi connectivity index (χ2n) is 7.05. The number of hydrogen-bond donors (Lipinski definition) is 0. The zero-order chi connectivity index (χ0) is 20.9. The van der Waals surface area contributed by atoms with Crippen molar-refractivity contribution in [2.75, 3.05) is 36.8 Å². The lowest BCUT2D eigenvalue weighted by molar-refractivity contribution is -0.128. The van der Waals surface area contributed by atoms with E-state index in [0.717, 1.165) is 13.1 Å². The van der Waals surface area contributed by atoms with Crippen LogP contribution in [0.2, 0.25) is 0 Å². The van der Waals surface area contributed by atoms with E-state index >= 15 is 0 Å². The third-order valence-corrected chi connectivity index (χ3v) is 6.15. The maximum Gasteiger partial charge on any atom is 0.233 e. The van der Waals surface area contributed by atoms with E-state index in [-0.39, 0.29) is 11.7 Å². The van der Waals surface area contributed by atoms with Crippen LogP contribution in [-0.2, 0) is 11.3 Å². The van der Waals surface area contributed by atoms with Crippen molar-refractivity contribution >= 4 is 23.4 Å². The van der Waals surface area contributed by atoms with Crippen LogP contribution in [0, 0.1) is 5.82 Å². The maximum absolute atomic E-state index is 13.6. The molecular formula is C22H24FN5OS. The van der Waals surface area contributed by atoms with E-state index < -0.39 is 0 Å². The third kappa shape index (κ3) is 4.48. The topological polar surface area (TPSA) is 54.3 Å². The SMILES string of the molecule is CCn1c(SCC(=O)N2CCN(c3ccccc3)CC2)nnc1-c1cccc(F)c1.